The van der Waals surface area contributed by atoms with Crippen LogP contribution in [0.2, 0.25) is 0 Å². The minimum Gasteiger partial charge on any atom is -0.452 e. The molecule has 92 valence electrons. The molecule has 17 heavy (non-hydrogen) atoms. The van der Waals surface area contributed by atoms with Crippen molar-refractivity contribution in [3.8, 4) is 0 Å². The van der Waals surface area contributed by atoms with Crippen molar-refractivity contribution in [3.63, 3.8) is 0 Å². The summed E-state index contributed by atoms with van der Waals surface area (Å²) in [6.45, 7) is 2.05. The topological polar surface area (TPSA) is 52.2 Å². The minimum absolute atomic E-state index is 0.640. The Morgan fingerprint density at radius 1 is 1.53 bits per heavy atom. The van der Waals surface area contributed by atoms with Gasteiger partial charge < -0.3 is 14.5 Å². The summed E-state index contributed by atoms with van der Waals surface area (Å²) >= 11 is 3.27. The lowest BCUT2D eigenvalue weighted by Crippen LogP contribution is -2.04. The van der Waals surface area contributed by atoms with Crippen LogP contribution in [0.4, 0.5) is 5.69 Å². The second-order valence-electron chi connectivity index (χ2n) is 3.54. The average molecular weight is 300 g/mol. The molecule has 0 saturated carbocycles. The van der Waals surface area contributed by atoms with Crippen LogP contribution in [0.5, 0.6) is 0 Å². The first-order valence-electron chi connectivity index (χ1n) is 5.27. The molecule has 0 atom stereocenters. The predicted molar refractivity (Wildman–Crippen MR) is 67.8 cm³/mol. The summed E-state index contributed by atoms with van der Waals surface area (Å²) in [4.78, 5) is 0. The maximum atomic E-state index is 5.38. The van der Waals surface area contributed by atoms with Crippen molar-refractivity contribution < 1.29 is 9.15 Å². The van der Waals surface area contributed by atoms with E-state index in [1.165, 1.54) is 0 Å². The molecule has 0 aliphatic heterocycles. The number of nitrogens with zero attached hydrogens (tertiary/aromatic N) is 2. The molecule has 0 amide bonds. The molecule has 6 heteroatoms. The number of aromatic nitrogens is 2. The maximum Gasteiger partial charge on any atom is 0.169 e. The molecule has 0 unspecified atom stereocenters. The van der Waals surface area contributed by atoms with Crippen molar-refractivity contribution in [1.82, 2.24) is 9.78 Å². The summed E-state index contributed by atoms with van der Waals surface area (Å²) in [5.41, 5.74) is 0.966. The van der Waals surface area contributed by atoms with Crippen molar-refractivity contribution in [2.75, 3.05) is 19.0 Å². The summed E-state index contributed by atoms with van der Waals surface area (Å²) in [6, 6.07) is 3.80. The standard InChI is InChI=1S/C11H14BrN3O2/c1-16-5-4-15-8-9(6-14-15)13-7-10-2-3-11(12)17-10/h2-3,6,8,13H,4-5,7H2,1H3. The first-order valence-corrected chi connectivity index (χ1v) is 6.06. The molecule has 0 saturated heterocycles. The van der Waals surface area contributed by atoms with Gasteiger partial charge in [0.1, 0.15) is 5.76 Å². The van der Waals surface area contributed by atoms with Gasteiger partial charge in [0.2, 0.25) is 0 Å². The van der Waals surface area contributed by atoms with Crippen molar-refractivity contribution in [2.45, 2.75) is 13.1 Å². The highest BCUT2D eigenvalue weighted by Crippen LogP contribution is 2.15. The van der Waals surface area contributed by atoms with Crippen LogP contribution in [0.3, 0.4) is 0 Å². The highest BCUT2D eigenvalue weighted by molar-refractivity contribution is 9.10. The number of hydrogen-bond acceptors (Lipinski definition) is 4. The predicted octanol–water partition coefficient (Wildman–Crippen LogP) is 2.50. The number of methoxy groups -OCH3 is 1. The number of halogens is 1. The molecule has 0 aromatic carbocycles. The molecular weight excluding hydrogens is 286 g/mol. The number of furan rings is 1. The Morgan fingerprint density at radius 2 is 2.41 bits per heavy atom. The molecule has 2 rings (SSSR count). The molecule has 5 nitrogen and oxygen atoms in total. The number of ether oxygens (including phenoxy) is 1. The van der Waals surface area contributed by atoms with Crippen LogP contribution in [0.25, 0.3) is 0 Å². The number of nitrogens with one attached hydrogen (secondary N) is 1. The fourth-order valence-corrected chi connectivity index (χ4v) is 1.74. The number of anilines is 1. The minimum atomic E-state index is 0.640. The van der Waals surface area contributed by atoms with Gasteiger partial charge in [-0.2, -0.15) is 5.10 Å². The SMILES string of the molecule is COCCn1cc(NCc2ccc(Br)o2)cn1. The molecule has 0 spiro atoms. The molecule has 2 aromatic heterocycles. The fraction of sp³-hybridized carbons (Fsp3) is 0.364. The van der Waals surface area contributed by atoms with E-state index in [4.69, 9.17) is 9.15 Å². The Bertz CT molecular complexity index is 467. The summed E-state index contributed by atoms with van der Waals surface area (Å²) in [6.07, 6.45) is 3.73. The zero-order valence-corrected chi connectivity index (χ0v) is 11.1. The van der Waals surface area contributed by atoms with Crippen LogP contribution >= 0.6 is 15.9 Å². The third-order valence-corrected chi connectivity index (χ3v) is 2.68. The lowest BCUT2D eigenvalue weighted by Gasteiger charge is -2.00. The van der Waals surface area contributed by atoms with Crippen molar-refractivity contribution in [1.29, 1.82) is 0 Å². The molecule has 0 radical (unpaired) electrons. The molecule has 0 fully saturated rings. The first kappa shape index (κ1) is 12.2. The quantitative estimate of drug-likeness (QED) is 0.890. The van der Waals surface area contributed by atoms with Gasteiger partial charge in [0, 0.05) is 13.3 Å². The highest BCUT2D eigenvalue weighted by Gasteiger charge is 2.01. The van der Waals surface area contributed by atoms with E-state index in [2.05, 4.69) is 26.3 Å². The molecule has 1 N–H and O–H groups in total. The Kier molecular flexibility index (Phi) is 4.22. The van der Waals surface area contributed by atoms with Gasteiger partial charge in [-0.1, -0.05) is 0 Å². The van der Waals surface area contributed by atoms with E-state index in [9.17, 15) is 0 Å². The fourth-order valence-electron chi connectivity index (χ4n) is 1.40. The van der Waals surface area contributed by atoms with E-state index in [1.807, 2.05) is 23.0 Å². The zero-order chi connectivity index (χ0) is 12.1. The van der Waals surface area contributed by atoms with Gasteiger partial charge >= 0.3 is 0 Å². The summed E-state index contributed by atoms with van der Waals surface area (Å²) in [5, 5.41) is 7.44. The van der Waals surface area contributed by atoms with E-state index in [0.717, 1.165) is 22.7 Å². The third kappa shape index (κ3) is 3.61. The van der Waals surface area contributed by atoms with Crippen LogP contribution in [0.1, 0.15) is 5.76 Å². The summed E-state index contributed by atoms with van der Waals surface area (Å²) in [5.74, 6) is 0.876. The van der Waals surface area contributed by atoms with Gasteiger partial charge in [0.15, 0.2) is 4.67 Å². The van der Waals surface area contributed by atoms with Gasteiger partial charge in [-0.25, -0.2) is 0 Å². The average Bonchev–Trinajstić information content (AvgIpc) is 2.93. The second kappa shape index (κ2) is 5.88. The van der Waals surface area contributed by atoms with Gasteiger partial charge in [-0.05, 0) is 28.1 Å². The second-order valence-corrected chi connectivity index (χ2v) is 4.33. The van der Waals surface area contributed by atoms with Crippen LogP contribution in [-0.4, -0.2) is 23.5 Å². The van der Waals surface area contributed by atoms with Crippen molar-refractivity contribution in [3.05, 3.63) is 35.0 Å². The maximum absolute atomic E-state index is 5.38. The van der Waals surface area contributed by atoms with Crippen molar-refractivity contribution in [2.24, 2.45) is 0 Å². The Hall–Kier alpha value is -1.27. The first-order chi connectivity index (χ1) is 8.28. The smallest absolute Gasteiger partial charge is 0.169 e. The Labute approximate surface area is 108 Å². The normalized spacial score (nSPS) is 10.7. The van der Waals surface area contributed by atoms with Crippen LogP contribution < -0.4 is 5.32 Å². The molecule has 0 aliphatic rings. The van der Waals surface area contributed by atoms with Crippen molar-refractivity contribution >= 4 is 21.6 Å². The zero-order valence-electron chi connectivity index (χ0n) is 9.52. The Balaban J connectivity index is 1.84. The molecule has 0 bridgehead atoms. The largest absolute Gasteiger partial charge is 0.452 e. The van der Waals surface area contributed by atoms with E-state index in [1.54, 1.807) is 13.3 Å². The summed E-state index contributed by atoms with van der Waals surface area (Å²) in [7, 11) is 1.68. The van der Waals surface area contributed by atoms with Gasteiger partial charge in [-0.15, -0.1) is 0 Å². The monoisotopic (exact) mass is 299 g/mol. The van der Waals surface area contributed by atoms with Gasteiger partial charge in [0.05, 0.1) is 31.6 Å². The molecule has 2 aromatic rings. The van der Waals surface area contributed by atoms with Crippen LogP contribution in [0.15, 0.2) is 33.6 Å². The van der Waals surface area contributed by atoms with Crippen LogP contribution in [0, 0.1) is 0 Å². The number of rotatable bonds is 6. The van der Waals surface area contributed by atoms with Gasteiger partial charge in [-0.3, -0.25) is 4.68 Å². The summed E-state index contributed by atoms with van der Waals surface area (Å²) < 4.78 is 12.9. The Morgan fingerprint density at radius 3 is 3.12 bits per heavy atom. The number of hydrogen-bond donors (Lipinski definition) is 1. The van der Waals surface area contributed by atoms with Gasteiger partial charge in [0.25, 0.3) is 0 Å². The third-order valence-electron chi connectivity index (χ3n) is 2.25. The van der Waals surface area contributed by atoms with E-state index in [0.29, 0.717) is 13.2 Å². The van der Waals surface area contributed by atoms with E-state index >= 15 is 0 Å². The molecule has 0 aliphatic carbocycles. The molecular formula is C11H14BrN3O2. The highest BCUT2D eigenvalue weighted by atomic mass is 79.9. The molecule has 2 heterocycles. The lowest BCUT2D eigenvalue weighted by atomic mass is 10.4. The van der Waals surface area contributed by atoms with E-state index < -0.39 is 0 Å². The van der Waals surface area contributed by atoms with Crippen LogP contribution in [-0.2, 0) is 17.8 Å². The lowest BCUT2D eigenvalue weighted by molar-refractivity contribution is 0.183. The van der Waals surface area contributed by atoms with E-state index in [-0.39, 0.29) is 0 Å².